The van der Waals surface area contributed by atoms with Gasteiger partial charge in [-0.1, -0.05) is 127 Å². The lowest BCUT2D eigenvalue weighted by Gasteiger charge is -2.24. The van der Waals surface area contributed by atoms with Gasteiger partial charge in [-0.15, -0.1) is 12.2 Å². The van der Waals surface area contributed by atoms with E-state index in [1.165, 1.54) is 64.8 Å². The van der Waals surface area contributed by atoms with Gasteiger partial charge in [0.15, 0.2) is 5.78 Å². The number of hydrogen-bond acceptors (Lipinski definition) is 2. The predicted octanol–water partition coefficient (Wildman–Crippen LogP) is 10.0. The molecule has 0 amide bonds. The van der Waals surface area contributed by atoms with E-state index in [4.69, 9.17) is 6.42 Å². The van der Waals surface area contributed by atoms with Gasteiger partial charge in [0.05, 0.1) is 0 Å². The summed E-state index contributed by atoms with van der Waals surface area (Å²) >= 11 is 0. The van der Waals surface area contributed by atoms with Gasteiger partial charge in [0.1, 0.15) is 0 Å². The third kappa shape index (κ3) is 8.93. The molecule has 0 bridgehead atoms. The smallest absolute Gasteiger partial charge is 0.159 e. The van der Waals surface area contributed by atoms with Crippen molar-refractivity contribution >= 4 is 29.1 Å². The Bertz CT molecular complexity index is 1850. The van der Waals surface area contributed by atoms with E-state index in [0.717, 1.165) is 40.8 Å². The lowest BCUT2D eigenvalue weighted by atomic mass is 9.79. The first kappa shape index (κ1) is 38.0. The van der Waals surface area contributed by atoms with Crippen LogP contribution in [0.25, 0.3) is 23.3 Å². The second-order valence-electron chi connectivity index (χ2n) is 12.2. The van der Waals surface area contributed by atoms with Gasteiger partial charge in [-0.05, 0) is 101 Å². The number of terminal acetylenes is 1. The van der Waals surface area contributed by atoms with Gasteiger partial charge in [0.2, 0.25) is 0 Å². The van der Waals surface area contributed by atoms with E-state index in [0.29, 0.717) is 6.04 Å². The monoisotopic (exact) mass is 641 g/mol. The highest BCUT2D eigenvalue weighted by molar-refractivity contribution is 5.93. The molecule has 3 aliphatic rings. The Hall–Kier alpha value is -4.41. The summed E-state index contributed by atoms with van der Waals surface area (Å²) in [6.45, 7) is 15.3. The number of aryl methyl sites for hydroxylation is 1. The standard InChI is InChI=1S/C43H45NO.C2H6.CH4.2H2/c1-6-15-33-26-30(5)43(29-32(33)8-3)40-20-13-19-39-41(23-24-42(39)40)38(9-4)35-22-21-34(31(7-2)27-35)28-37(45)18-14-25-44-36-16-11-10-12-17-36;1-2;;;/h2,8,13-15,18-24,26-27,29,36,39,44H,4,6,10-12,16-17,25,28H2,1,3,5H3;1-2H3;1H4;2*1H/b18-14+,32-8-,33-15-;;;;. The van der Waals surface area contributed by atoms with Crippen molar-refractivity contribution in [2.45, 2.75) is 93.0 Å². The van der Waals surface area contributed by atoms with Crippen LogP contribution in [0.15, 0.2) is 96.3 Å². The van der Waals surface area contributed by atoms with Gasteiger partial charge in [0.25, 0.3) is 0 Å². The van der Waals surface area contributed by atoms with E-state index in [2.05, 4.69) is 99.0 Å². The Morgan fingerprint density at radius 2 is 1.85 bits per heavy atom. The quantitative estimate of drug-likeness (QED) is 0.159. The molecule has 48 heavy (non-hydrogen) atoms. The molecule has 0 saturated heterocycles. The molecule has 1 atom stereocenters. The molecular weight excluding hydrogens is 583 g/mol. The average molecular weight is 642 g/mol. The van der Waals surface area contributed by atoms with Crippen molar-refractivity contribution in [3.8, 4) is 12.3 Å². The Morgan fingerprint density at radius 1 is 1.08 bits per heavy atom. The zero-order valence-corrected chi connectivity index (χ0v) is 29.1. The first-order valence-electron chi connectivity index (χ1n) is 17.5. The summed E-state index contributed by atoms with van der Waals surface area (Å²) in [6.07, 6.45) is 32.8. The second-order valence-corrected chi connectivity index (χ2v) is 12.2. The molecule has 2 aromatic carbocycles. The summed E-state index contributed by atoms with van der Waals surface area (Å²) < 4.78 is 0. The van der Waals surface area contributed by atoms with Crippen molar-refractivity contribution in [2.75, 3.05) is 6.54 Å². The zero-order valence-electron chi connectivity index (χ0n) is 29.1. The molecule has 0 spiro atoms. The van der Waals surface area contributed by atoms with Crippen molar-refractivity contribution < 1.29 is 7.65 Å². The number of carbonyl (C=O) groups excluding carboxylic acids is 1. The molecule has 2 aromatic rings. The minimum Gasteiger partial charge on any atom is -0.311 e. The average Bonchev–Trinajstić information content (AvgIpc) is 3.53. The third-order valence-corrected chi connectivity index (χ3v) is 9.26. The van der Waals surface area contributed by atoms with Crippen molar-refractivity contribution in [3.05, 3.63) is 135 Å². The molecule has 0 radical (unpaired) electrons. The zero-order chi connectivity index (χ0) is 33.8. The van der Waals surface area contributed by atoms with Crippen molar-refractivity contribution in [3.63, 3.8) is 0 Å². The van der Waals surface area contributed by atoms with Crippen molar-refractivity contribution in [1.29, 1.82) is 0 Å². The molecule has 1 unspecified atom stereocenters. The van der Waals surface area contributed by atoms with E-state index in [9.17, 15) is 4.79 Å². The molecule has 0 aliphatic heterocycles. The van der Waals surface area contributed by atoms with E-state index < -0.39 is 0 Å². The fourth-order valence-corrected chi connectivity index (χ4v) is 6.92. The van der Waals surface area contributed by atoms with E-state index in [-0.39, 0.29) is 28.4 Å². The van der Waals surface area contributed by atoms with Crippen LogP contribution in [0.2, 0.25) is 0 Å². The molecule has 3 aliphatic carbocycles. The maximum absolute atomic E-state index is 12.8. The molecule has 1 fully saturated rings. The summed E-state index contributed by atoms with van der Waals surface area (Å²) in [5.41, 5.74) is 12.9. The number of benzene rings is 2. The number of nitrogens with one attached hydrogen (secondary N) is 1. The molecule has 1 saturated carbocycles. The maximum Gasteiger partial charge on any atom is 0.159 e. The first-order valence-corrected chi connectivity index (χ1v) is 17.5. The number of carbonyl (C=O) groups is 1. The molecule has 2 nitrogen and oxygen atoms in total. The molecule has 0 aromatic heterocycles. The fraction of sp³-hybridized carbons (Fsp3) is 0.348. The lowest BCUT2D eigenvalue weighted by Crippen LogP contribution is -2.31. The summed E-state index contributed by atoms with van der Waals surface area (Å²) in [6, 6.07) is 11.2. The van der Waals surface area contributed by atoms with Gasteiger partial charge in [-0.3, -0.25) is 4.79 Å². The van der Waals surface area contributed by atoms with E-state index in [1.54, 1.807) is 6.08 Å². The van der Waals surface area contributed by atoms with Crippen molar-refractivity contribution in [1.82, 2.24) is 5.32 Å². The highest BCUT2D eigenvalue weighted by Gasteiger charge is 2.29. The van der Waals surface area contributed by atoms with Gasteiger partial charge in [0, 0.05) is 38.9 Å². The van der Waals surface area contributed by atoms with Crippen LogP contribution in [0.1, 0.15) is 104 Å². The number of rotatable bonds is 10. The normalized spacial score (nSPS) is 17.7. The van der Waals surface area contributed by atoms with Gasteiger partial charge >= 0.3 is 0 Å². The molecule has 2 heteroatoms. The second kappa shape index (κ2) is 18.8. The van der Waals surface area contributed by atoms with Crippen LogP contribution in [0, 0.1) is 25.2 Å². The maximum atomic E-state index is 12.8. The highest BCUT2D eigenvalue weighted by atomic mass is 16.1. The number of fused-ring (bicyclic) bond motifs is 1. The Kier molecular flexibility index (Phi) is 14.9. The molecule has 254 valence electrons. The van der Waals surface area contributed by atoms with Crippen LogP contribution in [0.4, 0.5) is 0 Å². The van der Waals surface area contributed by atoms with Crippen LogP contribution in [-0.4, -0.2) is 18.4 Å². The number of allylic oxidation sites excluding steroid dienone is 10. The molecule has 5 rings (SSSR count). The van der Waals surface area contributed by atoms with Crippen LogP contribution < -0.4 is 15.8 Å². The predicted molar refractivity (Wildman–Crippen MR) is 214 cm³/mol. The summed E-state index contributed by atoms with van der Waals surface area (Å²) in [4.78, 5) is 12.8. The molecule has 1 N–H and O–H groups in total. The Morgan fingerprint density at radius 3 is 2.54 bits per heavy atom. The third-order valence-electron chi connectivity index (χ3n) is 9.26. The van der Waals surface area contributed by atoms with E-state index >= 15 is 0 Å². The Balaban J connectivity index is 0.00000246. The van der Waals surface area contributed by atoms with Crippen molar-refractivity contribution in [2.24, 2.45) is 5.92 Å². The number of hydrogen-bond donors (Lipinski definition) is 1. The summed E-state index contributed by atoms with van der Waals surface area (Å²) in [5, 5.41) is 6.10. The highest BCUT2D eigenvalue weighted by Crippen LogP contribution is 2.45. The van der Waals surface area contributed by atoms with Gasteiger partial charge < -0.3 is 5.32 Å². The summed E-state index contributed by atoms with van der Waals surface area (Å²) in [5.74, 6) is 2.99. The SMILES string of the molecule is C.C#Cc1cc(C(=C=C)C2=CC=C3C(c4cc(=C/C)/c(=C\CC)cc4C)=CC=CC23)ccc1CC(=O)/C=C/CNC1CCCCC1.CC.[HH].[HH]. The minimum absolute atomic E-state index is 0. The van der Waals surface area contributed by atoms with Gasteiger partial charge in [-0.25, -0.2) is 0 Å². The fourth-order valence-electron chi connectivity index (χ4n) is 6.92. The first-order chi connectivity index (χ1) is 23.0. The van der Waals surface area contributed by atoms with E-state index in [1.807, 2.05) is 38.1 Å². The minimum atomic E-state index is 0. The largest absolute Gasteiger partial charge is 0.311 e. The van der Waals surface area contributed by atoms with Crippen LogP contribution in [-0.2, 0) is 11.2 Å². The molecular formula is C46H59NO. The Labute approximate surface area is 293 Å². The molecule has 0 heterocycles. The lowest BCUT2D eigenvalue weighted by molar-refractivity contribution is -0.114. The topological polar surface area (TPSA) is 29.1 Å². The number of ketones is 1. The van der Waals surface area contributed by atoms with Crippen LogP contribution in [0.5, 0.6) is 0 Å². The summed E-state index contributed by atoms with van der Waals surface area (Å²) in [7, 11) is 0. The van der Waals surface area contributed by atoms with Crippen LogP contribution >= 0.6 is 0 Å². The van der Waals surface area contributed by atoms with Gasteiger partial charge in [-0.2, -0.15) is 0 Å². The van der Waals surface area contributed by atoms with Crippen LogP contribution in [0.3, 0.4) is 0 Å².